The number of likely N-dealkylation sites (tertiary alicyclic amines) is 2. The molecule has 11 heteroatoms. The Labute approximate surface area is 276 Å². The SMILES string of the molecule is CC(C)(c1ccc(OCc2ccnc(N3CCN(C4CCN(CC5CCN(C(=O)O)C5)C4)CC3)n2)cc1)c1cc(Cl)cc(C#N)c1. The second kappa shape index (κ2) is 13.8. The highest BCUT2D eigenvalue weighted by molar-refractivity contribution is 6.30. The molecule has 3 saturated heterocycles. The molecule has 0 bridgehead atoms. The number of amides is 1. The van der Waals surface area contributed by atoms with Gasteiger partial charge in [-0.1, -0.05) is 37.6 Å². The molecule has 6 rings (SSSR count). The maximum Gasteiger partial charge on any atom is 0.407 e. The van der Waals surface area contributed by atoms with Crippen molar-refractivity contribution < 1.29 is 14.6 Å². The predicted molar refractivity (Wildman–Crippen MR) is 177 cm³/mol. The number of ether oxygens (including phenoxy) is 1. The van der Waals surface area contributed by atoms with Gasteiger partial charge < -0.3 is 24.5 Å². The quantitative estimate of drug-likeness (QED) is 0.341. The van der Waals surface area contributed by atoms with Crippen LogP contribution in [0.15, 0.2) is 54.7 Å². The average molecular weight is 644 g/mol. The number of piperazine rings is 1. The predicted octanol–water partition coefficient (Wildman–Crippen LogP) is 5.10. The van der Waals surface area contributed by atoms with Crippen LogP contribution in [0.25, 0.3) is 0 Å². The van der Waals surface area contributed by atoms with Gasteiger partial charge in [0.15, 0.2) is 0 Å². The van der Waals surface area contributed by atoms with Crippen LogP contribution in [0.4, 0.5) is 10.7 Å². The maximum atomic E-state index is 11.3. The highest BCUT2D eigenvalue weighted by Gasteiger charge is 2.33. The molecular formula is C35H42ClN7O3. The summed E-state index contributed by atoms with van der Waals surface area (Å²) in [5.74, 6) is 1.95. The van der Waals surface area contributed by atoms with E-state index in [9.17, 15) is 15.2 Å². The third-order valence-corrected chi connectivity index (χ3v) is 10.1. The maximum absolute atomic E-state index is 11.3. The van der Waals surface area contributed by atoms with Crippen LogP contribution in [0, 0.1) is 17.2 Å². The molecule has 4 heterocycles. The van der Waals surface area contributed by atoms with Gasteiger partial charge in [-0.25, -0.2) is 14.8 Å². The van der Waals surface area contributed by atoms with Crippen LogP contribution in [0.3, 0.4) is 0 Å². The van der Waals surface area contributed by atoms with Gasteiger partial charge in [0.25, 0.3) is 0 Å². The molecule has 242 valence electrons. The van der Waals surface area contributed by atoms with Crippen LogP contribution < -0.4 is 9.64 Å². The third-order valence-electron chi connectivity index (χ3n) is 9.85. The number of anilines is 1. The van der Waals surface area contributed by atoms with Gasteiger partial charge >= 0.3 is 6.09 Å². The van der Waals surface area contributed by atoms with E-state index >= 15 is 0 Å². The number of hydrogen-bond acceptors (Lipinski definition) is 8. The molecule has 3 fully saturated rings. The van der Waals surface area contributed by atoms with E-state index in [1.807, 2.05) is 36.5 Å². The first-order valence-electron chi connectivity index (χ1n) is 16.1. The van der Waals surface area contributed by atoms with Crippen LogP contribution in [0.1, 0.15) is 49.1 Å². The van der Waals surface area contributed by atoms with Crippen molar-refractivity contribution in [1.82, 2.24) is 24.7 Å². The van der Waals surface area contributed by atoms with Gasteiger partial charge in [-0.3, -0.25) is 4.90 Å². The fraction of sp³-hybridized carbons (Fsp3) is 0.486. The summed E-state index contributed by atoms with van der Waals surface area (Å²) in [5, 5.41) is 19.2. The number of carboxylic acid groups (broad SMARTS) is 1. The molecule has 1 amide bonds. The standard InChI is InChI=1S/C35H42ClN7O3/c1-35(2,28-17-26(20-37)18-29(36)19-28)27-3-5-32(6-4-27)46-24-30-7-10-38-33(39-30)42-15-13-41(14-16-42)31-9-11-40(23-31)21-25-8-12-43(22-25)34(44)45/h3-7,10,17-19,25,31H,8-9,11-16,21-24H2,1-2H3,(H,44,45). The summed E-state index contributed by atoms with van der Waals surface area (Å²) in [7, 11) is 0. The highest BCUT2D eigenvalue weighted by atomic mass is 35.5. The summed E-state index contributed by atoms with van der Waals surface area (Å²) in [6, 6.07) is 18.2. The minimum Gasteiger partial charge on any atom is -0.487 e. The highest BCUT2D eigenvalue weighted by Crippen LogP contribution is 2.34. The zero-order valence-corrected chi connectivity index (χ0v) is 27.4. The number of aromatic nitrogens is 2. The monoisotopic (exact) mass is 643 g/mol. The second-order valence-electron chi connectivity index (χ2n) is 13.2. The lowest BCUT2D eigenvalue weighted by atomic mass is 9.78. The number of halogens is 1. The van der Waals surface area contributed by atoms with E-state index < -0.39 is 6.09 Å². The van der Waals surface area contributed by atoms with E-state index in [0.717, 1.165) is 80.8 Å². The molecule has 2 unspecified atom stereocenters. The zero-order chi connectivity index (χ0) is 32.3. The van der Waals surface area contributed by atoms with Gasteiger partial charge in [0.05, 0.1) is 17.3 Å². The number of rotatable bonds is 9. The first-order chi connectivity index (χ1) is 22.2. The Hall–Kier alpha value is -3.91. The van der Waals surface area contributed by atoms with Crippen LogP contribution in [-0.2, 0) is 12.0 Å². The largest absolute Gasteiger partial charge is 0.487 e. The topological polar surface area (TPSA) is 109 Å². The Kier molecular flexibility index (Phi) is 9.64. The normalized spacial score (nSPS) is 21.0. The minimum absolute atomic E-state index is 0.334. The lowest BCUT2D eigenvalue weighted by Gasteiger charge is -2.38. The molecule has 1 N–H and O–H groups in total. The summed E-state index contributed by atoms with van der Waals surface area (Å²) in [4.78, 5) is 29.6. The van der Waals surface area contributed by atoms with E-state index in [2.05, 4.69) is 51.7 Å². The van der Waals surface area contributed by atoms with Crippen LogP contribution in [0.5, 0.6) is 5.75 Å². The second-order valence-corrected chi connectivity index (χ2v) is 13.7. The molecule has 10 nitrogen and oxygen atoms in total. The Morgan fingerprint density at radius 3 is 2.52 bits per heavy atom. The summed E-state index contributed by atoms with van der Waals surface area (Å²) in [5.41, 5.74) is 3.13. The fourth-order valence-corrected chi connectivity index (χ4v) is 7.24. The van der Waals surface area contributed by atoms with Crippen LogP contribution >= 0.6 is 11.6 Å². The first kappa shape index (κ1) is 32.0. The van der Waals surface area contributed by atoms with Crippen molar-refractivity contribution in [3.05, 3.63) is 82.1 Å². The molecule has 3 aliphatic rings. The molecule has 0 aliphatic carbocycles. The fourth-order valence-electron chi connectivity index (χ4n) is 7.01. The zero-order valence-electron chi connectivity index (χ0n) is 26.6. The molecule has 0 radical (unpaired) electrons. The van der Waals surface area contributed by atoms with Gasteiger partial charge in [0.1, 0.15) is 12.4 Å². The van der Waals surface area contributed by atoms with E-state index in [4.69, 9.17) is 21.3 Å². The smallest absolute Gasteiger partial charge is 0.407 e. The van der Waals surface area contributed by atoms with E-state index in [0.29, 0.717) is 42.2 Å². The first-order valence-corrected chi connectivity index (χ1v) is 16.5. The molecule has 2 atom stereocenters. The molecule has 3 aliphatic heterocycles. The van der Waals surface area contributed by atoms with Crippen molar-refractivity contribution in [2.45, 2.75) is 44.8 Å². The lowest BCUT2D eigenvalue weighted by Crippen LogP contribution is -2.51. The van der Waals surface area contributed by atoms with E-state index in [1.54, 1.807) is 11.0 Å². The summed E-state index contributed by atoms with van der Waals surface area (Å²) >= 11 is 6.28. The van der Waals surface area contributed by atoms with Gasteiger partial charge in [0, 0.05) is 75.0 Å². The Morgan fingerprint density at radius 1 is 1.02 bits per heavy atom. The number of nitrogens with zero attached hydrogens (tertiary/aromatic N) is 7. The minimum atomic E-state index is -0.792. The van der Waals surface area contributed by atoms with Gasteiger partial charge in [-0.05, 0) is 72.8 Å². The van der Waals surface area contributed by atoms with Crippen molar-refractivity contribution in [3.8, 4) is 11.8 Å². The van der Waals surface area contributed by atoms with Gasteiger partial charge in [-0.2, -0.15) is 5.26 Å². The molecular weight excluding hydrogens is 602 g/mol. The summed E-state index contributed by atoms with van der Waals surface area (Å²) in [6.45, 7) is 12.8. The Balaban J connectivity index is 0.979. The molecule has 46 heavy (non-hydrogen) atoms. The summed E-state index contributed by atoms with van der Waals surface area (Å²) < 4.78 is 6.11. The number of carbonyl (C=O) groups is 1. The van der Waals surface area contributed by atoms with Crippen molar-refractivity contribution in [2.75, 3.05) is 63.8 Å². The van der Waals surface area contributed by atoms with Crippen molar-refractivity contribution in [3.63, 3.8) is 0 Å². The van der Waals surface area contributed by atoms with Crippen molar-refractivity contribution >= 4 is 23.6 Å². The van der Waals surface area contributed by atoms with Crippen molar-refractivity contribution in [2.24, 2.45) is 5.92 Å². The average Bonchev–Trinajstić information content (AvgIpc) is 3.74. The van der Waals surface area contributed by atoms with Gasteiger partial charge in [-0.15, -0.1) is 0 Å². The van der Waals surface area contributed by atoms with Gasteiger partial charge in [0.2, 0.25) is 5.95 Å². The van der Waals surface area contributed by atoms with Crippen molar-refractivity contribution in [1.29, 1.82) is 5.26 Å². The summed E-state index contributed by atoms with van der Waals surface area (Å²) in [6.07, 6.45) is 3.15. The molecule has 1 aromatic heterocycles. The Morgan fingerprint density at radius 2 is 1.80 bits per heavy atom. The lowest BCUT2D eigenvalue weighted by molar-refractivity contribution is 0.151. The molecule has 0 spiro atoms. The molecule has 2 aromatic carbocycles. The van der Waals surface area contributed by atoms with E-state index in [-0.39, 0.29) is 5.41 Å². The van der Waals surface area contributed by atoms with Crippen LogP contribution in [0.2, 0.25) is 5.02 Å². The molecule has 3 aromatic rings. The number of hydrogen-bond donors (Lipinski definition) is 1. The van der Waals surface area contributed by atoms with E-state index in [1.165, 1.54) is 6.42 Å². The molecule has 0 saturated carbocycles. The number of nitriles is 1. The van der Waals surface area contributed by atoms with Crippen LogP contribution in [-0.4, -0.2) is 101 Å². The Bertz CT molecular complexity index is 1570. The number of benzene rings is 2. The third kappa shape index (κ3) is 7.38.